The summed E-state index contributed by atoms with van der Waals surface area (Å²) in [4.78, 5) is 12.4. The summed E-state index contributed by atoms with van der Waals surface area (Å²) < 4.78 is 32.4. The fraction of sp³-hybridized carbons (Fsp3) is 0.632. The van der Waals surface area contributed by atoms with Crippen LogP contribution in [0, 0.1) is 0 Å². The largest absolute Gasteiger partial charge is 0.379 e. The summed E-state index contributed by atoms with van der Waals surface area (Å²) in [7, 11) is -3.48. The van der Waals surface area contributed by atoms with Crippen molar-refractivity contribution in [3.8, 4) is 0 Å². The fourth-order valence-corrected chi connectivity index (χ4v) is 4.42. The van der Waals surface area contributed by atoms with Gasteiger partial charge in [-0.2, -0.15) is 4.31 Å². The third-order valence-electron chi connectivity index (χ3n) is 4.38. The average molecular weight is 383 g/mol. The Labute approximate surface area is 157 Å². The van der Waals surface area contributed by atoms with Crippen molar-refractivity contribution in [3.05, 3.63) is 29.8 Å². The molecule has 0 radical (unpaired) electrons. The number of rotatable bonds is 8. The number of carbonyl (C=O) groups excluding carboxylic acids is 1. The summed E-state index contributed by atoms with van der Waals surface area (Å²) >= 11 is 0. The van der Waals surface area contributed by atoms with E-state index < -0.39 is 10.0 Å². The van der Waals surface area contributed by atoms with Crippen LogP contribution in [0.25, 0.3) is 0 Å². The van der Waals surface area contributed by atoms with E-state index in [1.54, 1.807) is 16.4 Å². The topological polar surface area (TPSA) is 75.7 Å². The molecule has 2 rings (SSSR count). The first-order valence-electron chi connectivity index (χ1n) is 9.41. The van der Waals surface area contributed by atoms with Gasteiger partial charge in [0.25, 0.3) is 5.91 Å². The number of sulfonamides is 1. The van der Waals surface area contributed by atoms with E-state index >= 15 is 0 Å². The van der Waals surface area contributed by atoms with Gasteiger partial charge in [-0.15, -0.1) is 0 Å². The van der Waals surface area contributed by atoms with Gasteiger partial charge < -0.3 is 10.1 Å². The molecule has 146 valence electrons. The lowest BCUT2D eigenvalue weighted by Gasteiger charge is -2.20. The standard InChI is InChI=1S/C19H30N2O4S/c1-16(2)25-15-7-12-20-19(22)17-8-10-18(11-9-17)26(23,24)21-13-5-3-4-6-14-21/h8-11,16H,3-7,12-15H2,1-2H3,(H,20,22). The predicted octanol–water partition coefficient (Wildman–Crippen LogP) is 2.80. The van der Waals surface area contributed by atoms with Crippen molar-refractivity contribution in [1.29, 1.82) is 0 Å². The normalized spacial score (nSPS) is 16.4. The maximum absolute atomic E-state index is 12.7. The Morgan fingerprint density at radius 2 is 1.73 bits per heavy atom. The second-order valence-electron chi connectivity index (χ2n) is 6.87. The smallest absolute Gasteiger partial charge is 0.251 e. The molecule has 1 amide bonds. The van der Waals surface area contributed by atoms with Gasteiger partial charge in [-0.3, -0.25) is 4.79 Å². The Balaban J connectivity index is 1.91. The second-order valence-corrected chi connectivity index (χ2v) is 8.81. The van der Waals surface area contributed by atoms with Gasteiger partial charge in [0, 0.05) is 31.8 Å². The summed E-state index contributed by atoms with van der Waals surface area (Å²) in [5, 5.41) is 2.82. The summed E-state index contributed by atoms with van der Waals surface area (Å²) in [5.74, 6) is -0.201. The first-order chi connectivity index (χ1) is 12.4. The molecular weight excluding hydrogens is 352 g/mol. The molecule has 0 aliphatic carbocycles. The minimum absolute atomic E-state index is 0.185. The zero-order valence-corrected chi connectivity index (χ0v) is 16.6. The summed E-state index contributed by atoms with van der Waals surface area (Å²) in [5.41, 5.74) is 0.463. The Morgan fingerprint density at radius 3 is 2.31 bits per heavy atom. The monoisotopic (exact) mass is 382 g/mol. The molecule has 0 bridgehead atoms. The van der Waals surface area contributed by atoms with Gasteiger partial charge in [-0.1, -0.05) is 12.8 Å². The van der Waals surface area contributed by atoms with Crippen LogP contribution in [-0.4, -0.2) is 51.0 Å². The lowest BCUT2D eigenvalue weighted by atomic mass is 10.2. The molecule has 1 N–H and O–H groups in total. The number of ether oxygens (including phenoxy) is 1. The second kappa shape index (κ2) is 10.0. The Bertz CT molecular complexity index is 663. The van der Waals surface area contributed by atoms with Crippen molar-refractivity contribution in [2.45, 2.75) is 57.0 Å². The van der Waals surface area contributed by atoms with Crippen molar-refractivity contribution in [2.24, 2.45) is 0 Å². The highest BCUT2D eigenvalue weighted by Gasteiger charge is 2.25. The molecule has 1 fully saturated rings. The number of nitrogens with one attached hydrogen (secondary N) is 1. The zero-order chi connectivity index (χ0) is 19.0. The maximum Gasteiger partial charge on any atom is 0.251 e. The highest BCUT2D eigenvalue weighted by molar-refractivity contribution is 7.89. The number of carbonyl (C=O) groups is 1. The van der Waals surface area contributed by atoms with Crippen molar-refractivity contribution < 1.29 is 17.9 Å². The Hall–Kier alpha value is -1.44. The zero-order valence-electron chi connectivity index (χ0n) is 15.7. The van der Waals surface area contributed by atoms with Gasteiger partial charge in [-0.25, -0.2) is 8.42 Å². The highest BCUT2D eigenvalue weighted by Crippen LogP contribution is 2.20. The molecule has 1 aliphatic heterocycles. The molecule has 7 heteroatoms. The SMILES string of the molecule is CC(C)OCCCNC(=O)c1ccc(S(=O)(=O)N2CCCCCC2)cc1. The number of benzene rings is 1. The minimum atomic E-state index is -3.48. The molecule has 0 spiro atoms. The van der Waals surface area contributed by atoms with Gasteiger partial charge >= 0.3 is 0 Å². The van der Waals surface area contributed by atoms with E-state index in [2.05, 4.69) is 5.32 Å². The van der Waals surface area contributed by atoms with Gasteiger partial charge in [-0.05, 0) is 57.4 Å². The van der Waals surface area contributed by atoms with E-state index in [-0.39, 0.29) is 16.9 Å². The first-order valence-corrected chi connectivity index (χ1v) is 10.9. The number of nitrogens with zero attached hydrogens (tertiary/aromatic N) is 1. The van der Waals surface area contributed by atoms with E-state index in [1.165, 1.54) is 12.1 Å². The van der Waals surface area contributed by atoms with Gasteiger partial charge in [0.05, 0.1) is 11.0 Å². The summed E-state index contributed by atoms with van der Waals surface area (Å²) in [6.45, 7) is 6.22. The molecule has 1 heterocycles. The van der Waals surface area contributed by atoms with Crippen LogP contribution in [0.1, 0.15) is 56.3 Å². The van der Waals surface area contributed by atoms with Gasteiger partial charge in [0.15, 0.2) is 0 Å². The van der Waals surface area contributed by atoms with Gasteiger partial charge in [0.2, 0.25) is 10.0 Å². The maximum atomic E-state index is 12.7. The molecule has 1 aromatic carbocycles. The van der Waals surface area contributed by atoms with Gasteiger partial charge in [0.1, 0.15) is 0 Å². The predicted molar refractivity (Wildman–Crippen MR) is 102 cm³/mol. The van der Waals surface area contributed by atoms with Crippen LogP contribution in [0.4, 0.5) is 0 Å². The van der Waals surface area contributed by atoms with E-state index in [0.29, 0.717) is 31.8 Å². The minimum Gasteiger partial charge on any atom is -0.379 e. The quantitative estimate of drug-likeness (QED) is 0.702. The fourth-order valence-electron chi connectivity index (χ4n) is 2.90. The van der Waals surface area contributed by atoms with E-state index in [1.807, 2.05) is 13.8 Å². The van der Waals surface area contributed by atoms with Crippen molar-refractivity contribution in [2.75, 3.05) is 26.2 Å². The highest BCUT2D eigenvalue weighted by atomic mass is 32.2. The third-order valence-corrected chi connectivity index (χ3v) is 6.29. The molecule has 1 saturated heterocycles. The number of hydrogen-bond acceptors (Lipinski definition) is 4. The van der Waals surface area contributed by atoms with Crippen LogP contribution in [-0.2, 0) is 14.8 Å². The molecular formula is C19H30N2O4S. The Morgan fingerprint density at radius 1 is 1.12 bits per heavy atom. The molecule has 1 aliphatic rings. The molecule has 0 atom stereocenters. The molecule has 0 saturated carbocycles. The molecule has 26 heavy (non-hydrogen) atoms. The van der Waals surface area contributed by atoms with Crippen LogP contribution in [0.15, 0.2) is 29.2 Å². The van der Waals surface area contributed by atoms with E-state index in [4.69, 9.17) is 4.74 Å². The van der Waals surface area contributed by atoms with E-state index in [0.717, 1.165) is 32.1 Å². The van der Waals surface area contributed by atoms with Crippen LogP contribution < -0.4 is 5.32 Å². The number of amides is 1. The average Bonchev–Trinajstić information content (AvgIpc) is 2.91. The van der Waals surface area contributed by atoms with E-state index in [9.17, 15) is 13.2 Å². The van der Waals surface area contributed by atoms with Crippen LogP contribution in [0.2, 0.25) is 0 Å². The lowest BCUT2D eigenvalue weighted by molar-refractivity contribution is 0.0757. The van der Waals surface area contributed by atoms with Crippen molar-refractivity contribution in [3.63, 3.8) is 0 Å². The third kappa shape index (κ3) is 6.07. The van der Waals surface area contributed by atoms with Crippen molar-refractivity contribution >= 4 is 15.9 Å². The number of hydrogen-bond donors (Lipinski definition) is 1. The molecule has 0 unspecified atom stereocenters. The molecule has 0 aromatic heterocycles. The Kier molecular flexibility index (Phi) is 8.06. The summed E-state index contributed by atoms with van der Waals surface area (Å²) in [6, 6.07) is 6.20. The summed E-state index contributed by atoms with van der Waals surface area (Å²) in [6.07, 6.45) is 4.89. The van der Waals surface area contributed by atoms with Crippen molar-refractivity contribution in [1.82, 2.24) is 9.62 Å². The lowest BCUT2D eigenvalue weighted by Crippen LogP contribution is -2.32. The molecule has 6 nitrogen and oxygen atoms in total. The van der Waals surface area contributed by atoms with Crippen LogP contribution in [0.5, 0.6) is 0 Å². The van der Waals surface area contributed by atoms with Crippen LogP contribution in [0.3, 0.4) is 0 Å². The van der Waals surface area contributed by atoms with Crippen LogP contribution >= 0.6 is 0 Å². The first kappa shape index (κ1) is 20.9. The molecule has 1 aromatic rings.